The molecule has 1 fully saturated rings. The second-order valence-electron chi connectivity index (χ2n) is 3.95. The molecule has 1 aliphatic heterocycles. The van der Waals surface area contributed by atoms with E-state index in [2.05, 4.69) is 10.3 Å². The van der Waals surface area contributed by atoms with Crippen LogP contribution in [0.3, 0.4) is 0 Å². The van der Waals surface area contributed by atoms with Crippen molar-refractivity contribution in [1.29, 1.82) is 0 Å². The van der Waals surface area contributed by atoms with Crippen molar-refractivity contribution in [3.8, 4) is 0 Å². The first kappa shape index (κ1) is 12.6. The smallest absolute Gasteiger partial charge is 0.317 e. The van der Waals surface area contributed by atoms with Crippen LogP contribution in [0.25, 0.3) is 0 Å². The Kier molecular flexibility index (Phi) is 3.66. The predicted molar refractivity (Wildman–Crippen MR) is 70.0 cm³/mol. The number of rotatable bonds is 2. The second kappa shape index (κ2) is 5.22. The Bertz CT molecular complexity index is 511. The molecule has 6 heteroatoms. The quantitative estimate of drug-likeness (QED) is 0.852. The topological polar surface area (TPSA) is 78.8 Å². The third-order valence-corrected chi connectivity index (χ3v) is 3.48. The number of carbonyl (C=O) groups is 2. The number of amides is 1. The summed E-state index contributed by atoms with van der Waals surface area (Å²) < 4.78 is 0. The molecule has 18 heavy (non-hydrogen) atoms. The summed E-state index contributed by atoms with van der Waals surface area (Å²) in [7, 11) is 0. The lowest BCUT2D eigenvalue weighted by molar-refractivity contribution is -0.138. The van der Waals surface area contributed by atoms with Crippen LogP contribution in [-0.2, 0) is 9.59 Å². The van der Waals surface area contributed by atoms with Crippen LogP contribution in [0.4, 0.5) is 5.69 Å². The van der Waals surface area contributed by atoms with Gasteiger partial charge in [0.25, 0.3) is 0 Å². The van der Waals surface area contributed by atoms with E-state index in [1.165, 1.54) is 0 Å². The van der Waals surface area contributed by atoms with Gasteiger partial charge in [-0.05, 0) is 19.1 Å². The van der Waals surface area contributed by atoms with Crippen molar-refractivity contribution in [2.45, 2.75) is 18.6 Å². The summed E-state index contributed by atoms with van der Waals surface area (Å²) >= 11 is 1.06. The van der Waals surface area contributed by atoms with Crippen LogP contribution in [-0.4, -0.2) is 27.4 Å². The number of aliphatic carboxylic acids is 1. The van der Waals surface area contributed by atoms with Crippen molar-refractivity contribution in [2.75, 3.05) is 0 Å². The first-order valence-electron chi connectivity index (χ1n) is 5.39. The van der Waals surface area contributed by atoms with Gasteiger partial charge < -0.3 is 10.4 Å². The molecule has 0 aromatic heterocycles. The first-order chi connectivity index (χ1) is 8.54. The van der Waals surface area contributed by atoms with Gasteiger partial charge in [0.2, 0.25) is 5.91 Å². The maximum absolute atomic E-state index is 11.4. The highest BCUT2D eigenvalue weighted by molar-refractivity contribution is 8.15. The van der Waals surface area contributed by atoms with Crippen LogP contribution in [0.15, 0.2) is 29.3 Å². The number of carboxylic acid groups (broad SMARTS) is 1. The van der Waals surface area contributed by atoms with Crippen LogP contribution >= 0.6 is 11.8 Å². The molecule has 1 amide bonds. The summed E-state index contributed by atoms with van der Waals surface area (Å²) in [6.07, 6.45) is -0.0209. The summed E-state index contributed by atoms with van der Waals surface area (Å²) in [5.41, 5.74) is 1.80. The molecule has 1 saturated heterocycles. The zero-order valence-corrected chi connectivity index (χ0v) is 10.5. The Morgan fingerprint density at radius 3 is 2.72 bits per heavy atom. The molecule has 1 aromatic rings. The molecular formula is C12H12N2O3S. The highest BCUT2D eigenvalue weighted by Gasteiger charge is 2.29. The fourth-order valence-corrected chi connectivity index (χ4v) is 2.41. The molecule has 2 rings (SSSR count). The van der Waals surface area contributed by atoms with Gasteiger partial charge in [-0.15, -0.1) is 0 Å². The van der Waals surface area contributed by atoms with Crippen molar-refractivity contribution in [3.63, 3.8) is 0 Å². The Balaban J connectivity index is 2.19. The summed E-state index contributed by atoms with van der Waals surface area (Å²) in [6, 6.07) is 7.45. The Labute approximate surface area is 108 Å². The van der Waals surface area contributed by atoms with Crippen LogP contribution in [0.1, 0.15) is 12.0 Å². The van der Waals surface area contributed by atoms with Crippen LogP contribution in [0.5, 0.6) is 0 Å². The fraction of sp³-hybridized carbons (Fsp3) is 0.250. The number of thioether (sulfide) groups is 1. The lowest BCUT2D eigenvalue weighted by Crippen LogP contribution is -2.40. The van der Waals surface area contributed by atoms with E-state index in [9.17, 15) is 9.59 Å². The Morgan fingerprint density at radius 2 is 2.11 bits per heavy atom. The molecule has 0 radical (unpaired) electrons. The monoisotopic (exact) mass is 264 g/mol. The molecule has 1 atom stereocenters. The van der Waals surface area contributed by atoms with Crippen molar-refractivity contribution >= 4 is 34.5 Å². The molecule has 1 aliphatic rings. The van der Waals surface area contributed by atoms with Gasteiger partial charge in [0.05, 0.1) is 5.69 Å². The van der Waals surface area contributed by atoms with Gasteiger partial charge in [-0.25, -0.2) is 4.99 Å². The van der Waals surface area contributed by atoms with E-state index in [1.807, 2.05) is 31.2 Å². The summed E-state index contributed by atoms with van der Waals surface area (Å²) in [5, 5.41) is 11.1. The number of benzene rings is 1. The Hall–Kier alpha value is -1.82. The predicted octanol–water partition coefficient (Wildman–Crippen LogP) is 1.69. The molecule has 1 aromatic carbocycles. The van der Waals surface area contributed by atoms with Crippen LogP contribution in [0.2, 0.25) is 0 Å². The van der Waals surface area contributed by atoms with Gasteiger partial charge >= 0.3 is 5.97 Å². The molecule has 0 spiro atoms. The average molecular weight is 264 g/mol. The van der Waals surface area contributed by atoms with Crippen LogP contribution in [0, 0.1) is 6.92 Å². The minimum atomic E-state index is -0.994. The van der Waals surface area contributed by atoms with Crippen LogP contribution < -0.4 is 5.32 Å². The SMILES string of the molecule is Cc1ccc(N=C2NC(=O)CC(C(=O)O)S2)cc1. The van der Waals surface area contributed by atoms with Crippen molar-refractivity contribution in [3.05, 3.63) is 29.8 Å². The number of aryl methyl sites for hydroxylation is 1. The lowest BCUT2D eigenvalue weighted by atomic mass is 10.2. The number of carbonyl (C=O) groups excluding carboxylic acids is 1. The second-order valence-corrected chi connectivity index (χ2v) is 5.14. The molecule has 94 valence electrons. The molecule has 0 aliphatic carbocycles. The number of hydrogen-bond acceptors (Lipinski definition) is 4. The molecule has 2 N–H and O–H groups in total. The average Bonchev–Trinajstić information content (AvgIpc) is 2.31. The Morgan fingerprint density at radius 1 is 1.44 bits per heavy atom. The standard InChI is InChI=1S/C12H12N2O3S/c1-7-2-4-8(5-3-7)13-12-14-10(15)6-9(18-12)11(16)17/h2-5,9H,6H2,1H3,(H,16,17)(H,13,14,15). The van der Waals surface area contributed by atoms with E-state index in [4.69, 9.17) is 5.11 Å². The number of amidine groups is 1. The van der Waals surface area contributed by atoms with Crippen molar-refractivity contribution in [1.82, 2.24) is 5.32 Å². The fourth-order valence-electron chi connectivity index (χ4n) is 1.47. The number of nitrogens with zero attached hydrogens (tertiary/aromatic N) is 1. The third-order valence-electron chi connectivity index (χ3n) is 2.41. The number of nitrogens with one attached hydrogen (secondary N) is 1. The highest BCUT2D eigenvalue weighted by atomic mass is 32.2. The van der Waals surface area contributed by atoms with Gasteiger partial charge in [0, 0.05) is 6.42 Å². The molecular weight excluding hydrogens is 252 g/mol. The van der Waals surface area contributed by atoms with Gasteiger partial charge in [-0.3, -0.25) is 9.59 Å². The molecule has 0 bridgehead atoms. The molecule has 0 saturated carbocycles. The lowest BCUT2D eigenvalue weighted by Gasteiger charge is -2.19. The van der Waals surface area contributed by atoms with E-state index in [1.54, 1.807) is 0 Å². The number of aliphatic imine (C=N–C) groups is 1. The van der Waals surface area contributed by atoms with Gasteiger partial charge in [-0.2, -0.15) is 0 Å². The molecule has 1 heterocycles. The van der Waals surface area contributed by atoms with Gasteiger partial charge in [-0.1, -0.05) is 29.5 Å². The maximum Gasteiger partial charge on any atom is 0.317 e. The van der Waals surface area contributed by atoms with Gasteiger partial charge in [0.1, 0.15) is 5.25 Å². The summed E-state index contributed by atoms with van der Waals surface area (Å²) in [5.74, 6) is -1.31. The third kappa shape index (κ3) is 3.10. The van der Waals surface area contributed by atoms with E-state index in [-0.39, 0.29) is 12.3 Å². The van der Waals surface area contributed by atoms with Gasteiger partial charge in [0.15, 0.2) is 5.17 Å². The molecule has 1 unspecified atom stereocenters. The summed E-state index contributed by atoms with van der Waals surface area (Å²) in [6.45, 7) is 1.97. The van der Waals surface area contributed by atoms with Crippen molar-refractivity contribution < 1.29 is 14.7 Å². The zero-order chi connectivity index (χ0) is 13.1. The minimum Gasteiger partial charge on any atom is -0.480 e. The van der Waals surface area contributed by atoms with Crippen molar-refractivity contribution in [2.24, 2.45) is 4.99 Å². The van der Waals surface area contributed by atoms with E-state index in [0.29, 0.717) is 10.9 Å². The largest absolute Gasteiger partial charge is 0.480 e. The summed E-state index contributed by atoms with van der Waals surface area (Å²) in [4.78, 5) is 26.5. The highest BCUT2D eigenvalue weighted by Crippen LogP contribution is 2.23. The van der Waals surface area contributed by atoms with E-state index in [0.717, 1.165) is 17.3 Å². The molecule has 5 nitrogen and oxygen atoms in total. The first-order valence-corrected chi connectivity index (χ1v) is 6.27. The minimum absolute atomic E-state index is 0.0209. The van der Waals surface area contributed by atoms with E-state index < -0.39 is 11.2 Å². The number of hydrogen-bond donors (Lipinski definition) is 2. The number of carboxylic acids is 1. The normalized spacial score (nSPS) is 21.7. The van der Waals surface area contributed by atoms with E-state index >= 15 is 0 Å². The maximum atomic E-state index is 11.4. The zero-order valence-electron chi connectivity index (χ0n) is 9.71.